The van der Waals surface area contributed by atoms with Crippen LogP contribution in [0.3, 0.4) is 0 Å². The van der Waals surface area contributed by atoms with E-state index in [2.05, 4.69) is 5.32 Å². The Morgan fingerprint density at radius 1 is 1.21 bits per heavy atom. The molecule has 4 heteroatoms. The Labute approximate surface area is 115 Å². The van der Waals surface area contributed by atoms with Crippen molar-refractivity contribution < 1.29 is 9.50 Å². The first-order valence-electron chi connectivity index (χ1n) is 6.17. The Hall–Kier alpha value is -1.74. The number of aryl methyl sites for hydroxylation is 1. The van der Waals surface area contributed by atoms with Crippen LogP contribution in [0.2, 0.25) is 5.02 Å². The molecule has 1 atom stereocenters. The molecular weight excluding hydrogens is 265 g/mol. The van der Waals surface area contributed by atoms with Gasteiger partial charge in [0.25, 0.3) is 0 Å². The highest BCUT2D eigenvalue weighted by Crippen LogP contribution is 2.37. The van der Waals surface area contributed by atoms with Gasteiger partial charge in [-0.05, 0) is 54.3 Å². The van der Waals surface area contributed by atoms with E-state index in [1.807, 2.05) is 6.07 Å². The van der Waals surface area contributed by atoms with Gasteiger partial charge in [0, 0.05) is 0 Å². The lowest BCUT2D eigenvalue weighted by Crippen LogP contribution is -2.07. The number of rotatable bonds is 2. The SMILES string of the molecule is Oc1ccc2c(c1)CCC2Nc1cc(F)ccc1Cl. The van der Waals surface area contributed by atoms with E-state index in [9.17, 15) is 9.50 Å². The number of anilines is 1. The molecule has 3 rings (SSSR count). The molecule has 98 valence electrons. The minimum Gasteiger partial charge on any atom is -0.508 e. The van der Waals surface area contributed by atoms with Crippen molar-refractivity contribution in [2.24, 2.45) is 0 Å². The molecular formula is C15H13ClFNO. The Balaban J connectivity index is 1.88. The van der Waals surface area contributed by atoms with Crippen LogP contribution < -0.4 is 5.32 Å². The molecule has 0 amide bonds. The molecule has 0 heterocycles. The van der Waals surface area contributed by atoms with Crippen molar-refractivity contribution in [3.63, 3.8) is 0 Å². The first-order chi connectivity index (χ1) is 9.13. The summed E-state index contributed by atoms with van der Waals surface area (Å²) >= 11 is 6.06. The molecule has 2 aromatic carbocycles. The molecule has 1 unspecified atom stereocenters. The summed E-state index contributed by atoms with van der Waals surface area (Å²) in [5.41, 5.74) is 2.87. The van der Waals surface area contributed by atoms with Crippen molar-refractivity contribution in [2.75, 3.05) is 5.32 Å². The predicted molar refractivity (Wildman–Crippen MR) is 74.2 cm³/mol. The third-order valence-corrected chi connectivity index (χ3v) is 3.79. The molecule has 0 aromatic heterocycles. The first-order valence-corrected chi connectivity index (χ1v) is 6.54. The third-order valence-electron chi connectivity index (χ3n) is 3.46. The van der Waals surface area contributed by atoms with Crippen LogP contribution in [-0.4, -0.2) is 5.11 Å². The second-order valence-electron chi connectivity index (χ2n) is 4.74. The normalized spacial score (nSPS) is 17.3. The highest BCUT2D eigenvalue weighted by Gasteiger charge is 2.23. The first kappa shape index (κ1) is 12.3. The van der Waals surface area contributed by atoms with Gasteiger partial charge in [-0.2, -0.15) is 0 Å². The average Bonchev–Trinajstić information content (AvgIpc) is 2.76. The fourth-order valence-electron chi connectivity index (χ4n) is 2.55. The summed E-state index contributed by atoms with van der Waals surface area (Å²) < 4.78 is 13.2. The van der Waals surface area contributed by atoms with Crippen LogP contribution >= 0.6 is 11.6 Å². The number of halogens is 2. The van der Waals surface area contributed by atoms with Crippen molar-refractivity contribution in [3.8, 4) is 5.75 Å². The van der Waals surface area contributed by atoms with E-state index in [0.717, 1.165) is 24.0 Å². The van der Waals surface area contributed by atoms with Crippen molar-refractivity contribution in [2.45, 2.75) is 18.9 Å². The second-order valence-corrected chi connectivity index (χ2v) is 5.15. The zero-order valence-corrected chi connectivity index (χ0v) is 10.9. The lowest BCUT2D eigenvalue weighted by molar-refractivity contribution is 0.474. The van der Waals surface area contributed by atoms with Gasteiger partial charge >= 0.3 is 0 Å². The molecule has 2 aromatic rings. The van der Waals surface area contributed by atoms with Crippen molar-refractivity contribution in [1.82, 2.24) is 0 Å². The van der Waals surface area contributed by atoms with Crippen LogP contribution in [0, 0.1) is 5.82 Å². The Morgan fingerprint density at radius 2 is 2.05 bits per heavy atom. The number of phenolic OH excluding ortho intramolecular Hbond substituents is 1. The standard InChI is InChI=1S/C15H13ClFNO/c16-13-5-2-10(17)8-15(13)18-14-6-1-9-7-11(19)3-4-12(9)14/h2-5,7-8,14,18-19H,1,6H2. The molecule has 1 aliphatic carbocycles. The zero-order valence-electron chi connectivity index (χ0n) is 10.2. The number of phenols is 1. The van der Waals surface area contributed by atoms with Crippen LogP contribution in [0.15, 0.2) is 36.4 Å². The van der Waals surface area contributed by atoms with Crippen LogP contribution in [0.5, 0.6) is 5.75 Å². The molecule has 0 saturated heterocycles. The van der Waals surface area contributed by atoms with Crippen molar-refractivity contribution >= 4 is 17.3 Å². The number of hydrogen-bond donors (Lipinski definition) is 2. The highest BCUT2D eigenvalue weighted by atomic mass is 35.5. The summed E-state index contributed by atoms with van der Waals surface area (Å²) in [6, 6.07) is 9.76. The van der Waals surface area contributed by atoms with Crippen LogP contribution in [0.25, 0.3) is 0 Å². The summed E-state index contributed by atoms with van der Waals surface area (Å²) in [7, 11) is 0. The molecule has 0 saturated carbocycles. The Morgan fingerprint density at radius 3 is 2.89 bits per heavy atom. The number of fused-ring (bicyclic) bond motifs is 1. The molecule has 1 aliphatic rings. The number of aromatic hydroxyl groups is 1. The topological polar surface area (TPSA) is 32.3 Å². The van der Waals surface area contributed by atoms with Gasteiger partial charge in [-0.25, -0.2) is 4.39 Å². The highest BCUT2D eigenvalue weighted by molar-refractivity contribution is 6.33. The van der Waals surface area contributed by atoms with Crippen LogP contribution in [0.1, 0.15) is 23.6 Å². The minimum atomic E-state index is -0.309. The van der Waals surface area contributed by atoms with Crippen LogP contribution in [0.4, 0.5) is 10.1 Å². The molecule has 0 aliphatic heterocycles. The number of nitrogens with one attached hydrogen (secondary N) is 1. The van der Waals surface area contributed by atoms with Gasteiger partial charge < -0.3 is 10.4 Å². The van der Waals surface area contributed by atoms with Gasteiger partial charge in [-0.15, -0.1) is 0 Å². The maximum atomic E-state index is 13.2. The van der Waals surface area contributed by atoms with E-state index in [1.54, 1.807) is 18.2 Å². The van der Waals surface area contributed by atoms with Gasteiger partial charge in [-0.3, -0.25) is 0 Å². The van der Waals surface area contributed by atoms with E-state index in [-0.39, 0.29) is 17.6 Å². The molecule has 0 spiro atoms. The third kappa shape index (κ3) is 2.38. The smallest absolute Gasteiger partial charge is 0.125 e. The average molecular weight is 278 g/mol. The fraction of sp³-hybridized carbons (Fsp3) is 0.200. The second kappa shape index (κ2) is 4.74. The fourth-order valence-corrected chi connectivity index (χ4v) is 2.72. The molecule has 0 fully saturated rings. The largest absolute Gasteiger partial charge is 0.508 e. The lowest BCUT2D eigenvalue weighted by Gasteiger charge is -2.16. The van der Waals surface area contributed by atoms with Gasteiger partial charge in [0.1, 0.15) is 11.6 Å². The maximum absolute atomic E-state index is 13.2. The van der Waals surface area contributed by atoms with Crippen molar-refractivity contribution in [1.29, 1.82) is 0 Å². The predicted octanol–water partition coefficient (Wildman–Crippen LogP) is 4.28. The van der Waals surface area contributed by atoms with E-state index in [1.165, 1.54) is 12.1 Å². The zero-order chi connectivity index (χ0) is 13.4. The molecule has 0 radical (unpaired) electrons. The Kier molecular flexibility index (Phi) is 3.07. The summed E-state index contributed by atoms with van der Waals surface area (Å²) in [5.74, 6) is -0.0287. The maximum Gasteiger partial charge on any atom is 0.125 e. The number of hydrogen-bond acceptors (Lipinski definition) is 2. The lowest BCUT2D eigenvalue weighted by atomic mass is 10.1. The molecule has 0 bridgehead atoms. The Bertz CT molecular complexity index is 630. The monoisotopic (exact) mass is 277 g/mol. The van der Waals surface area contributed by atoms with E-state index >= 15 is 0 Å². The van der Waals surface area contributed by atoms with Crippen molar-refractivity contribution in [3.05, 3.63) is 58.4 Å². The van der Waals surface area contributed by atoms with Gasteiger partial charge in [0.05, 0.1) is 16.8 Å². The minimum absolute atomic E-state index is 0.106. The van der Waals surface area contributed by atoms with E-state index in [4.69, 9.17) is 11.6 Å². The summed E-state index contributed by atoms with van der Waals surface area (Å²) in [6.45, 7) is 0. The van der Waals surface area contributed by atoms with Gasteiger partial charge in [-0.1, -0.05) is 17.7 Å². The summed E-state index contributed by atoms with van der Waals surface area (Å²) in [6.07, 6.45) is 1.81. The number of benzene rings is 2. The molecule has 19 heavy (non-hydrogen) atoms. The van der Waals surface area contributed by atoms with E-state index < -0.39 is 0 Å². The summed E-state index contributed by atoms with van der Waals surface area (Å²) in [4.78, 5) is 0. The van der Waals surface area contributed by atoms with E-state index in [0.29, 0.717) is 10.7 Å². The quantitative estimate of drug-likeness (QED) is 0.858. The molecule has 2 N–H and O–H groups in total. The molecule has 2 nitrogen and oxygen atoms in total. The van der Waals surface area contributed by atoms with Crippen LogP contribution in [-0.2, 0) is 6.42 Å². The van der Waals surface area contributed by atoms with Gasteiger partial charge in [0.2, 0.25) is 0 Å². The van der Waals surface area contributed by atoms with Gasteiger partial charge in [0.15, 0.2) is 0 Å². The summed E-state index contributed by atoms with van der Waals surface area (Å²) in [5, 5.41) is 13.2.